The summed E-state index contributed by atoms with van der Waals surface area (Å²) in [4.78, 5) is 13.1. The third-order valence-electron chi connectivity index (χ3n) is 2.55. The van der Waals surface area contributed by atoms with E-state index in [0.29, 0.717) is 5.75 Å². The first-order valence-electron chi connectivity index (χ1n) is 6.16. The highest BCUT2D eigenvalue weighted by atomic mass is 32.2. The van der Waals surface area contributed by atoms with Gasteiger partial charge in [0, 0.05) is 17.3 Å². The number of carbonyl (C=O) groups excluding carboxylic acids is 1. The molecule has 0 fully saturated rings. The van der Waals surface area contributed by atoms with Crippen LogP contribution in [0.1, 0.15) is 17.6 Å². The van der Waals surface area contributed by atoms with Gasteiger partial charge in [0.1, 0.15) is 5.76 Å². The Morgan fingerprint density at radius 1 is 1.47 bits per heavy atom. The smallest absolute Gasteiger partial charge is 0.230 e. The van der Waals surface area contributed by atoms with Crippen LogP contribution in [0.25, 0.3) is 0 Å². The molecule has 2 heterocycles. The number of rotatable bonds is 7. The molecule has 0 spiro atoms. The zero-order valence-corrected chi connectivity index (χ0v) is 12.4. The van der Waals surface area contributed by atoms with Crippen LogP contribution in [0, 0.1) is 0 Å². The summed E-state index contributed by atoms with van der Waals surface area (Å²) >= 11 is 3.29. The monoisotopic (exact) mass is 295 g/mol. The lowest BCUT2D eigenvalue weighted by molar-refractivity contribution is -0.119. The lowest BCUT2D eigenvalue weighted by Gasteiger charge is -2.12. The van der Waals surface area contributed by atoms with Gasteiger partial charge < -0.3 is 9.73 Å². The van der Waals surface area contributed by atoms with Crippen molar-refractivity contribution >= 4 is 29.0 Å². The van der Waals surface area contributed by atoms with Crippen LogP contribution >= 0.6 is 23.1 Å². The number of hydrogen-bond donors (Lipinski definition) is 1. The maximum Gasteiger partial charge on any atom is 0.230 e. The molecule has 2 rings (SSSR count). The fraction of sp³-hybridized carbons (Fsp3) is 0.357. The molecule has 2 aromatic heterocycles. The van der Waals surface area contributed by atoms with E-state index in [4.69, 9.17) is 4.42 Å². The van der Waals surface area contributed by atoms with E-state index in [-0.39, 0.29) is 11.9 Å². The molecule has 5 heteroatoms. The Kier molecular flexibility index (Phi) is 5.54. The van der Waals surface area contributed by atoms with E-state index >= 15 is 0 Å². The van der Waals surface area contributed by atoms with Gasteiger partial charge in [-0.2, -0.15) is 0 Å². The number of hydrogen-bond acceptors (Lipinski definition) is 4. The molecule has 0 aromatic carbocycles. The molecule has 0 unspecified atom stereocenters. The first kappa shape index (κ1) is 14.2. The Labute approximate surface area is 121 Å². The van der Waals surface area contributed by atoms with Crippen molar-refractivity contribution in [3.8, 4) is 0 Å². The third kappa shape index (κ3) is 5.12. The second kappa shape index (κ2) is 7.40. The fourth-order valence-corrected chi connectivity index (χ4v) is 3.31. The van der Waals surface area contributed by atoms with Gasteiger partial charge in [0.2, 0.25) is 5.91 Å². The Bertz CT molecular complexity index is 480. The van der Waals surface area contributed by atoms with Crippen LogP contribution in [0.4, 0.5) is 0 Å². The molecule has 0 bridgehead atoms. The zero-order chi connectivity index (χ0) is 13.5. The number of furan rings is 1. The van der Waals surface area contributed by atoms with Crippen LogP contribution in [-0.2, 0) is 17.0 Å². The number of thiophene rings is 1. The van der Waals surface area contributed by atoms with E-state index < -0.39 is 0 Å². The van der Waals surface area contributed by atoms with E-state index in [2.05, 4.69) is 16.8 Å². The molecule has 0 aliphatic carbocycles. The van der Waals surface area contributed by atoms with Gasteiger partial charge in [-0.25, -0.2) is 0 Å². The van der Waals surface area contributed by atoms with Crippen LogP contribution in [-0.4, -0.2) is 17.7 Å². The Morgan fingerprint density at radius 2 is 2.37 bits per heavy atom. The van der Waals surface area contributed by atoms with E-state index in [0.717, 1.165) is 17.9 Å². The molecule has 19 heavy (non-hydrogen) atoms. The minimum atomic E-state index is 0.0839. The summed E-state index contributed by atoms with van der Waals surface area (Å²) in [5, 5.41) is 5.07. The Hall–Kier alpha value is -1.20. The fourth-order valence-electron chi connectivity index (χ4n) is 1.74. The van der Waals surface area contributed by atoms with Gasteiger partial charge in [0.05, 0.1) is 17.8 Å². The lowest BCUT2D eigenvalue weighted by atomic mass is 10.2. The molecule has 0 saturated carbocycles. The van der Waals surface area contributed by atoms with Crippen molar-refractivity contribution in [3.63, 3.8) is 0 Å². The van der Waals surface area contributed by atoms with E-state index in [1.807, 2.05) is 25.1 Å². The maximum atomic E-state index is 11.8. The average Bonchev–Trinajstić information content (AvgIpc) is 3.01. The van der Waals surface area contributed by atoms with Gasteiger partial charge in [-0.15, -0.1) is 23.1 Å². The summed E-state index contributed by atoms with van der Waals surface area (Å²) in [6, 6.07) is 8.09. The average molecular weight is 295 g/mol. The molecule has 1 N–H and O–H groups in total. The van der Waals surface area contributed by atoms with Crippen molar-refractivity contribution < 1.29 is 9.21 Å². The SMILES string of the molecule is C[C@@H](Cc1cccs1)NC(=O)CSCc1ccco1. The standard InChI is InChI=1S/C14H17NO2S2/c1-11(8-13-5-3-7-19-13)15-14(16)10-18-9-12-4-2-6-17-12/h2-7,11H,8-10H2,1H3,(H,15,16)/t11-/m0/s1. The van der Waals surface area contributed by atoms with Crippen molar-refractivity contribution in [2.24, 2.45) is 0 Å². The lowest BCUT2D eigenvalue weighted by Crippen LogP contribution is -2.35. The summed E-state index contributed by atoms with van der Waals surface area (Å²) in [7, 11) is 0. The minimum absolute atomic E-state index is 0.0839. The highest BCUT2D eigenvalue weighted by Crippen LogP contribution is 2.13. The second-order valence-corrected chi connectivity index (χ2v) is 6.34. The molecule has 3 nitrogen and oxygen atoms in total. The topological polar surface area (TPSA) is 42.2 Å². The first-order chi connectivity index (χ1) is 9.24. The second-order valence-electron chi connectivity index (χ2n) is 4.32. The summed E-state index contributed by atoms with van der Waals surface area (Å²) in [6.45, 7) is 2.04. The summed E-state index contributed by atoms with van der Waals surface area (Å²) < 4.78 is 5.22. The molecular weight excluding hydrogens is 278 g/mol. The largest absolute Gasteiger partial charge is 0.468 e. The highest BCUT2D eigenvalue weighted by Gasteiger charge is 2.09. The van der Waals surface area contributed by atoms with Crippen molar-refractivity contribution in [1.82, 2.24) is 5.32 Å². The van der Waals surface area contributed by atoms with E-state index in [1.54, 1.807) is 29.4 Å². The molecule has 0 aliphatic heterocycles. The van der Waals surface area contributed by atoms with Crippen LogP contribution in [0.2, 0.25) is 0 Å². The molecule has 2 aromatic rings. The molecule has 102 valence electrons. The van der Waals surface area contributed by atoms with Crippen LogP contribution in [0.15, 0.2) is 40.3 Å². The molecule has 0 saturated heterocycles. The molecule has 1 atom stereocenters. The number of nitrogens with one attached hydrogen (secondary N) is 1. The predicted octanol–water partition coefficient (Wildman–Crippen LogP) is 3.32. The zero-order valence-electron chi connectivity index (χ0n) is 10.8. The normalized spacial score (nSPS) is 12.3. The number of thioether (sulfide) groups is 1. The molecule has 1 amide bonds. The van der Waals surface area contributed by atoms with Crippen LogP contribution in [0.3, 0.4) is 0 Å². The van der Waals surface area contributed by atoms with Crippen LogP contribution in [0.5, 0.6) is 0 Å². The maximum absolute atomic E-state index is 11.8. The number of carbonyl (C=O) groups is 1. The molecule has 0 radical (unpaired) electrons. The van der Waals surface area contributed by atoms with E-state index in [1.165, 1.54) is 4.88 Å². The van der Waals surface area contributed by atoms with Crippen LogP contribution < -0.4 is 5.32 Å². The Balaban J connectivity index is 1.63. The predicted molar refractivity (Wildman–Crippen MR) is 80.5 cm³/mol. The quantitative estimate of drug-likeness (QED) is 0.852. The van der Waals surface area contributed by atoms with Gasteiger partial charge in [0.25, 0.3) is 0 Å². The summed E-state index contributed by atoms with van der Waals surface area (Å²) in [5.41, 5.74) is 0. The highest BCUT2D eigenvalue weighted by molar-refractivity contribution is 7.99. The minimum Gasteiger partial charge on any atom is -0.468 e. The summed E-state index contributed by atoms with van der Waals surface area (Å²) in [6.07, 6.45) is 2.55. The van der Waals surface area contributed by atoms with Gasteiger partial charge in [-0.3, -0.25) is 4.79 Å². The van der Waals surface area contributed by atoms with Crippen molar-refractivity contribution in [2.45, 2.75) is 25.1 Å². The molecular formula is C14H17NO2S2. The van der Waals surface area contributed by atoms with E-state index in [9.17, 15) is 4.79 Å². The van der Waals surface area contributed by atoms with Crippen molar-refractivity contribution in [2.75, 3.05) is 5.75 Å². The van der Waals surface area contributed by atoms with Gasteiger partial charge in [-0.1, -0.05) is 6.07 Å². The third-order valence-corrected chi connectivity index (χ3v) is 4.41. The van der Waals surface area contributed by atoms with Crippen molar-refractivity contribution in [3.05, 3.63) is 46.5 Å². The summed E-state index contributed by atoms with van der Waals surface area (Å²) in [5.74, 6) is 2.19. The molecule has 0 aliphatic rings. The van der Waals surface area contributed by atoms with Gasteiger partial charge in [0.15, 0.2) is 0 Å². The van der Waals surface area contributed by atoms with Crippen molar-refractivity contribution in [1.29, 1.82) is 0 Å². The Morgan fingerprint density at radius 3 is 3.05 bits per heavy atom. The van der Waals surface area contributed by atoms with Gasteiger partial charge >= 0.3 is 0 Å². The van der Waals surface area contributed by atoms with Gasteiger partial charge in [-0.05, 0) is 30.5 Å². The number of amides is 1. The first-order valence-corrected chi connectivity index (χ1v) is 8.19.